The maximum atomic E-state index is 12.6. The van der Waals surface area contributed by atoms with Crippen LogP contribution in [0.25, 0.3) is 0 Å². The van der Waals surface area contributed by atoms with E-state index in [1.165, 1.54) is 35.4 Å². The fourth-order valence-electron chi connectivity index (χ4n) is 4.47. The Balaban J connectivity index is 1.65. The number of carbonyl (C=O) groups excluding carboxylic acids is 1. The Morgan fingerprint density at radius 1 is 1.30 bits per heavy atom. The van der Waals surface area contributed by atoms with Crippen LogP contribution in [0.15, 0.2) is 12.1 Å². The lowest BCUT2D eigenvalue weighted by Gasteiger charge is -2.35. The van der Waals surface area contributed by atoms with Crippen LogP contribution in [0.5, 0.6) is 0 Å². The van der Waals surface area contributed by atoms with Gasteiger partial charge in [0.1, 0.15) is 6.17 Å². The second-order valence-corrected chi connectivity index (χ2v) is 8.05. The lowest BCUT2D eigenvalue weighted by Crippen LogP contribution is -2.42. The van der Waals surface area contributed by atoms with Crippen molar-refractivity contribution >= 4 is 17.2 Å². The van der Waals surface area contributed by atoms with E-state index in [2.05, 4.69) is 29.3 Å². The number of thiophene rings is 1. The Morgan fingerprint density at radius 2 is 2.15 bits per heavy atom. The van der Waals surface area contributed by atoms with E-state index in [0.717, 1.165) is 11.8 Å². The summed E-state index contributed by atoms with van der Waals surface area (Å²) in [5.74, 6) is 1.93. The fraction of sp³-hybridized carbons (Fsp3) is 0.688. The Labute approximate surface area is 124 Å². The molecule has 1 aromatic rings. The first-order valence-electron chi connectivity index (χ1n) is 7.78. The lowest BCUT2D eigenvalue weighted by atomic mass is 9.93. The summed E-state index contributed by atoms with van der Waals surface area (Å²) in [6, 6.07) is 4.78. The number of nitrogens with zero attached hydrogens (tertiary/aromatic N) is 1. The second-order valence-electron chi connectivity index (χ2n) is 6.73. The summed E-state index contributed by atoms with van der Waals surface area (Å²) in [6.07, 6.45) is 5.39. The van der Waals surface area contributed by atoms with Gasteiger partial charge in [0.2, 0.25) is 5.91 Å². The van der Waals surface area contributed by atoms with Gasteiger partial charge in [0.15, 0.2) is 0 Å². The smallest absolute Gasteiger partial charge is 0.241 e. The van der Waals surface area contributed by atoms with E-state index >= 15 is 0 Å². The van der Waals surface area contributed by atoms with E-state index in [-0.39, 0.29) is 12.2 Å². The Morgan fingerprint density at radius 3 is 2.75 bits per heavy atom. The molecule has 2 bridgehead atoms. The van der Waals surface area contributed by atoms with E-state index in [4.69, 9.17) is 0 Å². The lowest BCUT2D eigenvalue weighted by molar-refractivity contribution is -0.133. The SMILES string of the molecule is Cc1ccc(C2NC(C)C(=O)N2C2CC3CCC2C3)s1. The number of fused-ring (bicyclic) bond motifs is 2. The van der Waals surface area contributed by atoms with Crippen molar-refractivity contribution in [2.24, 2.45) is 11.8 Å². The molecule has 2 heterocycles. The minimum absolute atomic E-state index is 0.0402. The average Bonchev–Trinajstić information content (AvgIpc) is 3.16. The third-order valence-corrected chi connectivity index (χ3v) is 6.45. The van der Waals surface area contributed by atoms with Crippen LogP contribution >= 0.6 is 11.3 Å². The van der Waals surface area contributed by atoms with Crippen molar-refractivity contribution in [3.8, 4) is 0 Å². The standard InChI is InChI=1S/C16H22N2OS/c1-9-3-6-14(20-9)15-17-10(2)16(19)18(15)13-8-11-4-5-12(13)7-11/h3,6,10-13,15,17H,4-5,7-8H2,1-2H3. The van der Waals surface area contributed by atoms with Gasteiger partial charge < -0.3 is 4.90 Å². The van der Waals surface area contributed by atoms with Crippen LogP contribution in [-0.2, 0) is 4.79 Å². The third-order valence-electron chi connectivity index (χ3n) is 5.40. The molecule has 3 nitrogen and oxygen atoms in total. The van der Waals surface area contributed by atoms with Crippen molar-refractivity contribution in [3.63, 3.8) is 0 Å². The van der Waals surface area contributed by atoms with E-state index in [1.54, 1.807) is 0 Å². The van der Waals surface area contributed by atoms with Crippen LogP contribution in [0, 0.1) is 18.8 Å². The summed E-state index contributed by atoms with van der Waals surface area (Å²) < 4.78 is 0. The summed E-state index contributed by atoms with van der Waals surface area (Å²) >= 11 is 1.82. The zero-order valence-corrected chi connectivity index (χ0v) is 13.0. The number of hydrogen-bond donors (Lipinski definition) is 1. The van der Waals surface area contributed by atoms with Gasteiger partial charge in [-0.05, 0) is 57.1 Å². The summed E-state index contributed by atoms with van der Waals surface area (Å²) in [6.45, 7) is 4.14. The molecular weight excluding hydrogens is 268 g/mol. The maximum Gasteiger partial charge on any atom is 0.241 e. The van der Waals surface area contributed by atoms with E-state index in [0.29, 0.717) is 11.9 Å². The number of amides is 1. The molecule has 1 aliphatic heterocycles. The molecule has 4 rings (SSSR count). The molecule has 20 heavy (non-hydrogen) atoms. The number of hydrogen-bond acceptors (Lipinski definition) is 3. The summed E-state index contributed by atoms with van der Waals surface area (Å²) in [5.41, 5.74) is 0. The van der Waals surface area contributed by atoms with Crippen LogP contribution in [0.3, 0.4) is 0 Å². The van der Waals surface area contributed by atoms with Gasteiger partial charge in [0.25, 0.3) is 0 Å². The van der Waals surface area contributed by atoms with Gasteiger partial charge in [-0.1, -0.05) is 6.42 Å². The van der Waals surface area contributed by atoms with Gasteiger partial charge in [-0.3, -0.25) is 10.1 Å². The van der Waals surface area contributed by atoms with Crippen molar-refractivity contribution in [2.75, 3.05) is 0 Å². The Bertz CT molecular complexity index is 540. The van der Waals surface area contributed by atoms with Crippen molar-refractivity contribution < 1.29 is 4.79 Å². The molecule has 3 aliphatic rings. The van der Waals surface area contributed by atoms with Crippen molar-refractivity contribution in [3.05, 3.63) is 21.9 Å². The van der Waals surface area contributed by atoms with Gasteiger partial charge in [-0.25, -0.2) is 0 Å². The summed E-state index contributed by atoms with van der Waals surface area (Å²) in [5, 5.41) is 3.51. The zero-order valence-electron chi connectivity index (χ0n) is 12.1. The predicted molar refractivity (Wildman–Crippen MR) is 80.5 cm³/mol. The molecule has 1 amide bonds. The topological polar surface area (TPSA) is 32.3 Å². The Kier molecular flexibility index (Phi) is 2.93. The summed E-state index contributed by atoms with van der Waals surface area (Å²) in [4.78, 5) is 17.4. The van der Waals surface area contributed by atoms with Crippen LogP contribution in [0.2, 0.25) is 0 Å². The molecule has 0 aromatic carbocycles. The molecule has 1 saturated heterocycles. The highest BCUT2D eigenvalue weighted by Crippen LogP contribution is 2.49. The highest BCUT2D eigenvalue weighted by Gasteiger charge is 2.49. The maximum absolute atomic E-state index is 12.6. The molecule has 5 atom stereocenters. The monoisotopic (exact) mass is 290 g/mol. The molecule has 0 spiro atoms. The normalized spacial score (nSPS) is 40.0. The molecule has 5 unspecified atom stereocenters. The first-order chi connectivity index (χ1) is 9.63. The highest BCUT2D eigenvalue weighted by atomic mass is 32.1. The van der Waals surface area contributed by atoms with Gasteiger partial charge in [0, 0.05) is 15.8 Å². The third kappa shape index (κ3) is 1.85. The minimum atomic E-state index is -0.0402. The molecule has 4 heteroatoms. The van der Waals surface area contributed by atoms with Crippen molar-refractivity contribution in [1.29, 1.82) is 0 Å². The van der Waals surface area contributed by atoms with Crippen molar-refractivity contribution in [2.45, 2.75) is 57.8 Å². The summed E-state index contributed by atoms with van der Waals surface area (Å²) in [7, 11) is 0. The second kappa shape index (κ2) is 4.57. The average molecular weight is 290 g/mol. The van der Waals surface area contributed by atoms with Crippen LogP contribution in [0.1, 0.15) is 48.5 Å². The van der Waals surface area contributed by atoms with Crippen LogP contribution in [0.4, 0.5) is 0 Å². The molecule has 0 radical (unpaired) electrons. The van der Waals surface area contributed by atoms with Crippen LogP contribution in [-0.4, -0.2) is 22.9 Å². The quantitative estimate of drug-likeness (QED) is 0.908. The fourth-order valence-corrected chi connectivity index (χ4v) is 5.40. The van der Waals surface area contributed by atoms with Crippen molar-refractivity contribution in [1.82, 2.24) is 10.2 Å². The number of rotatable bonds is 2. The van der Waals surface area contributed by atoms with E-state index in [1.807, 2.05) is 18.3 Å². The largest absolute Gasteiger partial charge is 0.317 e. The molecule has 1 aromatic heterocycles. The highest BCUT2D eigenvalue weighted by molar-refractivity contribution is 7.12. The molecule has 108 valence electrons. The number of aryl methyl sites for hydroxylation is 1. The van der Waals surface area contributed by atoms with Gasteiger partial charge in [-0.15, -0.1) is 11.3 Å². The zero-order chi connectivity index (χ0) is 13.9. The molecule has 2 aliphatic carbocycles. The van der Waals surface area contributed by atoms with Gasteiger partial charge in [-0.2, -0.15) is 0 Å². The minimum Gasteiger partial charge on any atom is -0.317 e. The van der Waals surface area contributed by atoms with Crippen LogP contribution < -0.4 is 5.32 Å². The Hall–Kier alpha value is -0.870. The number of nitrogens with one attached hydrogen (secondary N) is 1. The van der Waals surface area contributed by atoms with Gasteiger partial charge in [0.05, 0.1) is 6.04 Å². The molecule has 1 N–H and O–H groups in total. The van der Waals surface area contributed by atoms with Gasteiger partial charge >= 0.3 is 0 Å². The predicted octanol–water partition coefficient (Wildman–Crippen LogP) is 3.06. The molecule has 3 fully saturated rings. The first kappa shape index (κ1) is 12.8. The molecule has 2 saturated carbocycles. The van der Waals surface area contributed by atoms with E-state index < -0.39 is 0 Å². The molecular formula is C16H22N2OS. The first-order valence-corrected chi connectivity index (χ1v) is 8.59. The number of carbonyl (C=O) groups is 1. The van der Waals surface area contributed by atoms with E-state index in [9.17, 15) is 4.79 Å².